The van der Waals surface area contributed by atoms with Gasteiger partial charge in [-0.25, -0.2) is 5.43 Å². The number of fused-ring (bicyclic) bond motifs is 1. The highest BCUT2D eigenvalue weighted by molar-refractivity contribution is 5.86. The predicted molar refractivity (Wildman–Crippen MR) is 94.8 cm³/mol. The predicted octanol–water partition coefficient (Wildman–Crippen LogP) is 4.29. The maximum atomic E-state index is 12.0. The number of hydrazone groups is 1. The summed E-state index contributed by atoms with van der Waals surface area (Å²) in [5.41, 5.74) is 3.50. The number of rotatable bonds is 7. The van der Waals surface area contributed by atoms with E-state index in [4.69, 9.17) is 4.74 Å². The molecule has 2 aromatic carbocycles. The molecule has 1 amide bonds. The molecule has 0 bridgehead atoms. The third-order valence-electron chi connectivity index (χ3n) is 3.65. The summed E-state index contributed by atoms with van der Waals surface area (Å²) in [7, 11) is 0. The number of hydrogen-bond acceptors (Lipinski definition) is 3. The van der Waals surface area contributed by atoms with Crippen LogP contribution in [0, 0.1) is 0 Å². The fraction of sp³-hybridized carbons (Fsp3) is 0.368. The van der Waals surface area contributed by atoms with Gasteiger partial charge in [0, 0.05) is 5.71 Å². The highest BCUT2D eigenvalue weighted by Gasteiger charge is 2.14. The Morgan fingerprint density at radius 3 is 2.70 bits per heavy atom. The third kappa shape index (κ3) is 5.09. The second-order valence-electron chi connectivity index (χ2n) is 5.70. The number of ether oxygens (including phenoxy) is 1. The van der Waals surface area contributed by atoms with Gasteiger partial charge in [0.25, 0.3) is 5.91 Å². The van der Waals surface area contributed by atoms with Crippen LogP contribution in [0.25, 0.3) is 10.8 Å². The SMILES string of the molecule is CCCC/C(C)=N\NC(=O)[C@@H](C)Oc1ccc2ccccc2c1. The van der Waals surface area contributed by atoms with Crippen molar-refractivity contribution < 1.29 is 9.53 Å². The molecule has 0 saturated heterocycles. The summed E-state index contributed by atoms with van der Waals surface area (Å²) in [6, 6.07) is 13.9. The molecule has 0 saturated carbocycles. The molecule has 0 spiro atoms. The van der Waals surface area contributed by atoms with Crippen LogP contribution in [0.2, 0.25) is 0 Å². The molecule has 4 heteroatoms. The van der Waals surface area contributed by atoms with E-state index in [0.717, 1.165) is 35.7 Å². The smallest absolute Gasteiger partial charge is 0.280 e. The van der Waals surface area contributed by atoms with E-state index < -0.39 is 6.10 Å². The van der Waals surface area contributed by atoms with E-state index in [2.05, 4.69) is 17.5 Å². The lowest BCUT2D eigenvalue weighted by Crippen LogP contribution is -2.33. The number of hydrogen-bond donors (Lipinski definition) is 1. The molecule has 0 aliphatic rings. The van der Waals surface area contributed by atoms with Crippen molar-refractivity contribution in [2.24, 2.45) is 5.10 Å². The zero-order chi connectivity index (χ0) is 16.7. The van der Waals surface area contributed by atoms with E-state index in [1.165, 1.54) is 0 Å². The first-order valence-corrected chi connectivity index (χ1v) is 8.08. The topological polar surface area (TPSA) is 50.7 Å². The Balaban J connectivity index is 1.94. The van der Waals surface area contributed by atoms with Gasteiger partial charge in [-0.05, 0) is 49.6 Å². The molecule has 23 heavy (non-hydrogen) atoms. The molecule has 4 nitrogen and oxygen atoms in total. The lowest BCUT2D eigenvalue weighted by Gasteiger charge is -2.13. The summed E-state index contributed by atoms with van der Waals surface area (Å²) in [4.78, 5) is 12.0. The van der Waals surface area contributed by atoms with Gasteiger partial charge in [-0.15, -0.1) is 0 Å². The third-order valence-corrected chi connectivity index (χ3v) is 3.65. The van der Waals surface area contributed by atoms with Crippen LogP contribution in [0.5, 0.6) is 5.75 Å². The molecule has 1 atom stereocenters. The van der Waals surface area contributed by atoms with Gasteiger partial charge in [-0.2, -0.15) is 5.10 Å². The lowest BCUT2D eigenvalue weighted by atomic mass is 10.1. The number of carbonyl (C=O) groups excluding carboxylic acids is 1. The second kappa shape index (κ2) is 8.32. The minimum absolute atomic E-state index is 0.242. The monoisotopic (exact) mass is 312 g/mol. The first-order chi connectivity index (χ1) is 11.1. The molecular formula is C19H24N2O2. The van der Waals surface area contributed by atoms with Crippen LogP contribution in [0.4, 0.5) is 0 Å². The van der Waals surface area contributed by atoms with Crippen molar-refractivity contribution >= 4 is 22.4 Å². The Hall–Kier alpha value is -2.36. The summed E-state index contributed by atoms with van der Waals surface area (Å²) in [5.74, 6) is 0.437. The molecule has 1 N–H and O–H groups in total. The molecule has 0 aliphatic heterocycles. The van der Waals surface area contributed by atoms with Crippen LogP contribution in [-0.4, -0.2) is 17.7 Å². The number of nitrogens with one attached hydrogen (secondary N) is 1. The standard InChI is InChI=1S/C19H24N2O2/c1-4-5-8-14(2)20-21-19(22)15(3)23-18-12-11-16-9-6-7-10-17(16)13-18/h6-7,9-13,15H,4-5,8H2,1-3H3,(H,21,22)/b20-14-/t15-/m1/s1. The molecule has 0 aromatic heterocycles. The number of amides is 1. The largest absolute Gasteiger partial charge is 0.481 e. The van der Waals surface area contributed by atoms with Crippen molar-refractivity contribution in [2.45, 2.75) is 46.1 Å². The van der Waals surface area contributed by atoms with Crippen molar-refractivity contribution in [2.75, 3.05) is 0 Å². The Kier molecular flexibility index (Phi) is 6.15. The fourth-order valence-corrected chi connectivity index (χ4v) is 2.23. The minimum atomic E-state index is -0.598. The quantitative estimate of drug-likeness (QED) is 0.612. The minimum Gasteiger partial charge on any atom is -0.481 e. The summed E-state index contributed by atoms with van der Waals surface area (Å²) >= 11 is 0. The Bertz CT molecular complexity index is 695. The van der Waals surface area contributed by atoms with Crippen LogP contribution >= 0.6 is 0 Å². The van der Waals surface area contributed by atoms with Crippen molar-refractivity contribution in [3.63, 3.8) is 0 Å². The van der Waals surface area contributed by atoms with Gasteiger partial charge in [-0.3, -0.25) is 4.79 Å². The lowest BCUT2D eigenvalue weighted by molar-refractivity contribution is -0.127. The molecular weight excluding hydrogens is 288 g/mol. The van der Waals surface area contributed by atoms with E-state index in [9.17, 15) is 4.79 Å². The number of unbranched alkanes of at least 4 members (excludes halogenated alkanes) is 1. The molecule has 0 radical (unpaired) electrons. The van der Waals surface area contributed by atoms with Gasteiger partial charge in [0.2, 0.25) is 0 Å². The van der Waals surface area contributed by atoms with Crippen LogP contribution in [0.1, 0.15) is 40.0 Å². The zero-order valence-electron chi connectivity index (χ0n) is 14.0. The van der Waals surface area contributed by atoms with Crippen LogP contribution < -0.4 is 10.2 Å². The van der Waals surface area contributed by atoms with E-state index in [0.29, 0.717) is 5.75 Å². The van der Waals surface area contributed by atoms with E-state index >= 15 is 0 Å². The summed E-state index contributed by atoms with van der Waals surface area (Å²) in [5, 5.41) is 6.35. The first kappa shape index (κ1) is 17.0. The van der Waals surface area contributed by atoms with Crippen molar-refractivity contribution in [1.82, 2.24) is 5.43 Å². The molecule has 0 heterocycles. The average Bonchev–Trinajstić information content (AvgIpc) is 2.57. The Morgan fingerprint density at radius 1 is 1.22 bits per heavy atom. The zero-order valence-corrected chi connectivity index (χ0v) is 14.0. The second-order valence-corrected chi connectivity index (χ2v) is 5.70. The molecule has 0 fully saturated rings. The fourth-order valence-electron chi connectivity index (χ4n) is 2.23. The molecule has 2 rings (SSSR count). The van der Waals surface area contributed by atoms with Gasteiger partial charge in [-0.1, -0.05) is 43.7 Å². The van der Waals surface area contributed by atoms with E-state index in [1.807, 2.05) is 49.4 Å². The van der Waals surface area contributed by atoms with Crippen LogP contribution in [0.3, 0.4) is 0 Å². The average molecular weight is 312 g/mol. The first-order valence-electron chi connectivity index (χ1n) is 8.08. The summed E-state index contributed by atoms with van der Waals surface area (Å²) in [6.45, 7) is 5.78. The Labute approximate surface area is 137 Å². The van der Waals surface area contributed by atoms with E-state index in [1.54, 1.807) is 6.92 Å². The van der Waals surface area contributed by atoms with Gasteiger partial charge in [0.05, 0.1) is 0 Å². The normalized spacial score (nSPS) is 12.9. The number of nitrogens with zero attached hydrogens (tertiary/aromatic N) is 1. The highest BCUT2D eigenvalue weighted by Crippen LogP contribution is 2.21. The van der Waals surface area contributed by atoms with Crippen LogP contribution in [-0.2, 0) is 4.79 Å². The molecule has 0 aliphatic carbocycles. The molecule has 2 aromatic rings. The van der Waals surface area contributed by atoms with E-state index in [-0.39, 0.29) is 5.91 Å². The van der Waals surface area contributed by atoms with Gasteiger partial charge < -0.3 is 4.74 Å². The van der Waals surface area contributed by atoms with Gasteiger partial charge in [0.15, 0.2) is 6.10 Å². The number of benzene rings is 2. The Morgan fingerprint density at radius 2 is 1.96 bits per heavy atom. The van der Waals surface area contributed by atoms with Gasteiger partial charge in [0.1, 0.15) is 5.75 Å². The van der Waals surface area contributed by atoms with Crippen LogP contribution in [0.15, 0.2) is 47.6 Å². The highest BCUT2D eigenvalue weighted by atomic mass is 16.5. The maximum absolute atomic E-state index is 12.0. The van der Waals surface area contributed by atoms with Crippen molar-refractivity contribution in [1.29, 1.82) is 0 Å². The maximum Gasteiger partial charge on any atom is 0.280 e. The summed E-state index contributed by atoms with van der Waals surface area (Å²) < 4.78 is 5.72. The van der Waals surface area contributed by atoms with Gasteiger partial charge >= 0.3 is 0 Å². The molecule has 0 unspecified atom stereocenters. The van der Waals surface area contributed by atoms with Crippen molar-refractivity contribution in [3.05, 3.63) is 42.5 Å². The summed E-state index contributed by atoms with van der Waals surface area (Å²) in [6.07, 6.45) is 2.49. The van der Waals surface area contributed by atoms with Crippen molar-refractivity contribution in [3.8, 4) is 5.75 Å². The molecule has 122 valence electrons. The number of carbonyl (C=O) groups is 1.